The van der Waals surface area contributed by atoms with Gasteiger partial charge in [-0.05, 0) is 87.0 Å². The van der Waals surface area contributed by atoms with Crippen LogP contribution in [0.3, 0.4) is 0 Å². The summed E-state index contributed by atoms with van der Waals surface area (Å²) in [4.78, 5) is 1.53. The lowest BCUT2D eigenvalue weighted by Crippen LogP contribution is -1.96. The number of fused-ring (bicyclic) bond motifs is 4. The fraction of sp³-hybridized carbons (Fsp3) is 0.128. The van der Waals surface area contributed by atoms with E-state index >= 15 is 0 Å². The van der Waals surface area contributed by atoms with E-state index in [2.05, 4.69) is 142 Å². The zero-order valence-corrected chi connectivity index (χ0v) is 24.1. The summed E-state index contributed by atoms with van der Waals surface area (Å²) in [5.74, 6) is 0.591. The molecule has 0 N–H and O–H groups in total. The molecule has 0 saturated carbocycles. The smallest absolute Gasteiger partial charge is 0.0430 e. The molecule has 1 aromatic heterocycles. The van der Waals surface area contributed by atoms with Crippen LogP contribution in [0.2, 0.25) is 0 Å². The Hall–Kier alpha value is -4.20. The molecule has 0 radical (unpaired) electrons. The minimum absolute atomic E-state index is 0.591. The summed E-state index contributed by atoms with van der Waals surface area (Å²) in [6.07, 6.45) is 10.2. The van der Waals surface area contributed by atoms with Gasteiger partial charge in [-0.25, -0.2) is 0 Å². The van der Waals surface area contributed by atoms with Gasteiger partial charge in [-0.2, -0.15) is 0 Å². The standard InChI is InChI=1S/C39H32S/c1-4-12-30-26(3)36(28-14-6-5-7-15-28)32-16-8-9-17-33(32)37(30)29-23-21-27(22-24-29)31-18-11-20-35-34-19-10-13-25(2)38(34)40-39(31)35/h4-12,14-25H,13H2,1-3H3/b12-4-. The maximum Gasteiger partial charge on any atom is 0.0430 e. The first-order valence-electron chi connectivity index (χ1n) is 14.2. The quantitative estimate of drug-likeness (QED) is 0.212. The van der Waals surface area contributed by atoms with Crippen molar-refractivity contribution < 1.29 is 0 Å². The van der Waals surface area contributed by atoms with E-state index in [1.165, 1.54) is 75.8 Å². The Balaban J connectivity index is 1.41. The van der Waals surface area contributed by atoms with E-state index in [9.17, 15) is 0 Å². The second kappa shape index (κ2) is 10.1. The van der Waals surface area contributed by atoms with Gasteiger partial charge < -0.3 is 0 Å². The summed E-state index contributed by atoms with van der Waals surface area (Å²) in [6.45, 7) is 6.74. The van der Waals surface area contributed by atoms with E-state index < -0.39 is 0 Å². The van der Waals surface area contributed by atoms with E-state index in [0.29, 0.717) is 5.92 Å². The number of allylic oxidation sites excluding steroid dienone is 2. The minimum Gasteiger partial charge on any atom is -0.139 e. The monoisotopic (exact) mass is 532 g/mol. The summed E-state index contributed by atoms with van der Waals surface area (Å²) >= 11 is 1.98. The number of hydrogen-bond acceptors (Lipinski definition) is 1. The largest absolute Gasteiger partial charge is 0.139 e. The molecule has 0 spiro atoms. The third-order valence-electron chi connectivity index (χ3n) is 8.40. The predicted octanol–water partition coefficient (Wildman–Crippen LogP) is 11.9. The van der Waals surface area contributed by atoms with Crippen molar-refractivity contribution in [1.82, 2.24) is 0 Å². The molecule has 0 fully saturated rings. The number of thiophene rings is 1. The van der Waals surface area contributed by atoms with Gasteiger partial charge in [0.05, 0.1) is 0 Å². The molecule has 6 aromatic rings. The second-order valence-electron chi connectivity index (χ2n) is 10.9. The van der Waals surface area contributed by atoms with Crippen molar-refractivity contribution >= 4 is 44.3 Å². The molecule has 0 amide bonds. The highest BCUT2D eigenvalue weighted by atomic mass is 32.1. The molecule has 1 atom stereocenters. The average Bonchev–Trinajstić information content (AvgIpc) is 3.39. The number of rotatable bonds is 4. The van der Waals surface area contributed by atoms with Gasteiger partial charge in [0, 0.05) is 15.0 Å². The molecule has 194 valence electrons. The van der Waals surface area contributed by atoms with Crippen LogP contribution >= 0.6 is 11.3 Å². The van der Waals surface area contributed by atoms with Crippen LogP contribution in [0.15, 0.2) is 109 Å². The van der Waals surface area contributed by atoms with Crippen molar-refractivity contribution in [2.24, 2.45) is 0 Å². The fourth-order valence-corrected chi connectivity index (χ4v) is 7.88. The Kier molecular flexibility index (Phi) is 6.25. The predicted molar refractivity (Wildman–Crippen MR) is 177 cm³/mol. The summed E-state index contributed by atoms with van der Waals surface area (Å²) < 4.78 is 1.40. The maximum absolute atomic E-state index is 2.35. The highest BCUT2D eigenvalue weighted by Crippen LogP contribution is 2.46. The molecule has 1 aliphatic rings. The molecule has 0 saturated heterocycles. The van der Waals surface area contributed by atoms with Gasteiger partial charge in [0.15, 0.2) is 0 Å². The zero-order valence-electron chi connectivity index (χ0n) is 23.2. The molecule has 0 nitrogen and oxygen atoms in total. The molecular formula is C39H32S. The third kappa shape index (κ3) is 3.96. The number of hydrogen-bond donors (Lipinski definition) is 0. The van der Waals surface area contributed by atoms with E-state index in [1.54, 1.807) is 0 Å². The number of benzene rings is 5. The van der Waals surface area contributed by atoms with Crippen LogP contribution in [0.5, 0.6) is 0 Å². The normalized spacial score (nSPS) is 14.8. The summed E-state index contributed by atoms with van der Waals surface area (Å²) in [5, 5.41) is 3.98. The van der Waals surface area contributed by atoms with Gasteiger partial charge in [0.1, 0.15) is 0 Å². The van der Waals surface area contributed by atoms with Crippen LogP contribution in [0, 0.1) is 6.92 Å². The van der Waals surface area contributed by atoms with Crippen LogP contribution in [0.4, 0.5) is 0 Å². The molecule has 1 unspecified atom stereocenters. The highest BCUT2D eigenvalue weighted by molar-refractivity contribution is 7.20. The Morgan fingerprint density at radius 1 is 0.700 bits per heavy atom. The van der Waals surface area contributed by atoms with E-state index in [1.807, 2.05) is 11.3 Å². The highest BCUT2D eigenvalue weighted by Gasteiger charge is 2.21. The molecule has 7 rings (SSSR count). The van der Waals surface area contributed by atoms with E-state index in [0.717, 1.165) is 6.42 Å². The lowest BCUT2D eigenvalue weighted by Gasteiger charge is -2.20. The van der Waals surface area contributed by atoms with Crippen molar-refractivity contribution in [2.75, 3.05) is 0 Å². The Bertz CT molecular complexity index is 1930. The summed E-state index contributed by atoms with van der Waals surface area (Å²) in [5.41, 5.74) is 11.8. The van der Waals surface area contributed by atoms with Crippen LogP contribution < -0.4 is 0 Å². The van der Waals surface area contributed by atoms with Crippen LogP contribution in [0.1, 0.15) is 47.8 Å². The van der Waals surface area contributed by atoms with Gasteiger partial charge in [-0.3, -0.25) is 0 Å². The van der Waals surface area contributed by atoms with Gasteiger partial charge >= 0.3 is 0 Å². The SMILES string of the molecule is C/C=C\c1c(C)c(-c2ccccc2)c2ccccc2c1-c1ccc(-c2cccc3c4c(sc23)C(C)CC=C4)cc1. The first-order chi connectivity index (χ1) is 19.7. The third-order valence-corrected chi connectivity index (χ3v) is 9.89. The van der Waals surface area contributed by atoms with Crippen LogP contribution in [0.25, 0.3) is 66.4 Å². The molecule has 1 heteroatoms. The topological polar surface area (TPSA) is 0 Å². The van der Waals surface area contributed by atoms with Crippen LogP contribution in [-0.4, -0.2) is 0 Å². The first-order valence-corrected chi connectivity index (χ1v) is 15.0. The van der Waals surface area contributed by atoms with Gasteiger partial charge in [0.25, 0.3) is 0 Å². The first kappa shape index (κ1) is 24.8. The summed E-state index contributed by atoms with van der Waals surface area (Å²) in [7, 11) is 0. The molecule has 0 aliphatic heterocycles. The molecule has 0 bridgehead atoms. The molecule has 5 aromatic carbocycles. The van der Waals surface area contributed by atoms with E-state index in [4.69, 9.17) is 0 Å². The fourth-order valence-electron chi connectivity index (χ4n) is 6.49. The van der Waals surface area contributed by atoms with Crippen molar-refractivity contribution in [1.29, 1.82) is 0 Å². The average molecular weight is 533 g/mol. The molecule has 1 heterocycles. The van der Waals surface area contributed by atoms with Crippen LogP contribution in [-0.2, 0) is 0 Å². The van der Waals surface area contributed by atoms with Crippen molar-refractivity contribution in [3.8, 4) is 33.4 Å². The minimum atomic E-state index is 0.591. The maximum atomic E-state index is 2.35. The zero-order chi connectivity index (χ0) is 27.2. The second-order valence-corrected chi connectivity index (χ2v) is 11.9. The lowest BCUT2D eigenvalue weighted by molar-refractivity contribution is 0.791. The molecular weight excluding hydrogens is 500 g/mol. The van der Waals surface area contributed by atoms with Gasteiger partial charge in [0.2, 0.25) is 0 Å². The van der Waals surface area contributed by atoms with Gasteiger partial charge in [-0.15, -0.1) is 11.3 Å². The van der Waals surface area contributed by atoms with Crippen molar-refractivity contribution in [3.05, 3.63) is 131 Å². The Morgan fingerprint density at radius 2 is 1.35 bits per heavy atom. The van der Waals surface area contributed by atoms with Gasteiger partial charge in [-0.1, -0.05) is 128 Å². The molecule has 40 heavy (non-hydrogen) atoms. The van der Waals surface area contributed by atoms with E-state index in [-0.39, 0.29) is 0 Å². The lowest BCUT2D eigenvalue weighted by atomic mass is 9.83. The molecule has 1 aliphatic carbocycles. The Morgan fingerprint density at radius 3 is 2.10 bits per heavy atom. The van der Waals surface area contributed by atoms with Crippen molar-refractivity contribution in [3.63, 3.8) is 0 Å². The summed E-state index contributed by atoms with van der Waals surface area (Å²) in [6, 6.07) is 35.7. The van der Waals surface area contributed by atoms with Crippen molar-refractivity contribution in [2.45, 2.75) is 33.1 Å². The Labute approximate surface area is 241 Å².